The zero-order valence-electron chi connectivity index (χ0n) is 14.2. The van der Waals surface area contributed by atoms with Gasteiger partial charge in [-0.05, 0) is 48.9 Å². The lowest BCUT2D eigenvalue weighted by molar-refractivity contribution is 0.0921. The normalized spacial score (nSPS) is 11.9. The SMILES string of the molecule is Cc1ccc(S(=O)Cc2ccc(C(=O)NCc3ccc(F)cc3)o2)cc1. The molecule has 1 atom stereocenters. The Morgan fingerprint density at radius 2 is 1.73 bits per heavy atom. The number of amides is 1. The highest BCUT2D eigenvalue weighted by molar-refractivity contribution is 7.84. The molecule has 134 valence electrons. The molecule has 3 rings (SSSR count). The first-order valence-corrected chi connectivity index (χ1v) is 9.39. The summed E-state index contributed by atoms with van der Waals surface area (Å²) in [5, 5.41) is 2.71. The monoisotopic (exact) mass is 371 g/mol. The molecule has 0 aliphatic rings. The van der Waals surface area contributed by atoms with E-state index in [9.17, 15) is 13.4 Å². The molecule has 4 nitrogen and oxygen atoms in total. The number of halogens is 1. The van der Waals surface area contributed by atoms with Crippen LogP contribution in [0.3, 0.4) is 0 Å². The first-order chi connectivity index (χ1) is 12.5. The van der Waals surface area contributed by atoms with Crippen LogP contribution in [0.25, 0.3) is 0 Å². The number of hydrogen-bond acceptors (Lipinski definition) is 3. The van der Waals surface area contributed by atoms with Crippen molar-refractivity contribution in [3.8, 4) is 0 Å². The molecule has 0 aliphatic heterocycles. The van der Waals surface area contributed by atoms with Crippen molar-refractivity contribution >= 4 is 16.7 Å². The average Bonchev–Trinajstić information content (AvgIpc) is 3.10. The van der Waals surface area contributed by atoms with Crippen molar-refractivity contribution in [3.05, 3.63) is 89.1 Å². The van der Waals surface area contributed by atoms with Crippen LogP contribution in [0.15, 0.2) is 70.0 Å². The molecular weight excluding hydrogens is 353 g/mol. The van der Waals surface area contributed by atoms with Gasteiger partial charge in [0.25, 0.3) is 5.91 Å². The third-order valence-corrected chi connectivity index (χ3v) is 5.15. The quantitative estimate of drug-likeness (QED) is 0.713. The van der Waals surface area contributed by atoms with Crippen LogP contribution in [-0.2, 0) is 23.1 Å². The maximum Gasteiger partial charge on any atom is 0.287 e. The smallest absolute Gasteiger partial charge is 0.287 e. The van der Waals surface area contributed by atoms with Crippen LogP contribution in [0.1, 0.15) is 27.4 Å². The molecule has 0 fully saturated rings. The summed E-state index contributed by atoms with van der Waals surface area (Å²) in [5.41, 5.74) is 1.89. The van der Waals surface area contributed by atoms with Crippen LogP contribution in [-0.4, -0.2) is 10.1 Å². The van der Waals surface area contributed by atoms with Crippen molar-refractivity contribution in [2.24, 2.45) is 0 Å². The Bertz CT molecular complexity index is 917. The van der Waals surface area contributed by atoms with Crippen molar-refractivity contribution in [2.75, 3.05) is 0 Å². The lowest BCUT2D eigenvalue weighted by Crippen LogP contribution is -2.22. The van der Waals surface area contributed by atoms with Gasteiger partial charge in [0.15, 0.2) is 5.76 Å². The van der Waals surface area contributed by atoms with Gasteiger partial charge in [-0.1, -0.05) is 29.8 Å². The lowest BCUT2D eigenvalue weighted by atomic mass is 10.2. The standard InChI is InChI=1S/C20H18FNO3S/c1-14-2-9-18(10-3-14)26(24)13-17-8-11-19(25-17)20(23)22-12-15-4-6-16(21)7-5-15/h2-11H,12-13H2,1H3,(H,22,23). The van der Waals surface area contributed by atoms with E-state index in [4.69, 9.17) is 4.42 Å². The highest BCUT2D eigenvalue weighted by atomic mass is 32.2. The molecule has 6 heteroatoms. The summed E-state index contributed by atoms with van der Waals surface area (Å²) in [5.74, 6) is 0.145. The minimum absolute atomic E-state index is 0.156. The van der Waals surface area contributed by atoms with E-state index in [1.165, 1.54) is 12.1 Å². The molecule has 0 bridgehead atoms. The van der Waals surface area contributed by atoms with Crippen LogP contribution in [0.4, 0.5) is 4.39 Å². The molecule has 1 aromatic heterocycles. The second-order valence-corrected chi connectivity index (χ2v) is 7.33. The summed E-state index contributed by atoms with van der Waals surface area (Å²) in [6.45, 7) is 2.24. The second kappa shape index (κ2) is 8.10. The molecule has 1 N–H and O–H groups in total. The van der Waals surface area contributed by atoms with Gasteiger partial charge < -0.3 is 9.73 Å². The van der Waals surface area contributed by atoms with Crippen LogP contribution in [0.2, 0.25) is 0 Å². The number of rotatable bonds is 6. The molecule has 0 radical (unpaired) electrons. The third-order valence-electron chi connectivity index (χ3n) is 3.81. The third kappa shape index (κ3) is 4.67. The predicted octanol–water partition coefficient (Wildman–Crippen LogP) is 3.96. The fraction of sp³-hybridized carbons (Fsp3) is 0.150. The molecule has 2 aromatic carbocycles. The number of hydrogen-bond donors (Lipinski definition) is 1. The van der Waals surface area contributed by atoms with E-state index in [0.29, 0.717) is 10.7 Å². The van der Waals surface area contributed by atoms with E-state index in [1.807, 2.05) is 31.2 Å². The first-order valence-electron chi connectivity index (χ1n) is 8.07. The van der Waals surface area contributed by atoms with E-state index < -0.39 is 10.8 Å². The van der Waals surface area contributed by atoms with Crippen molar-refractivity contribution in [1.29, 1.82) is 0 Å². The van der Waals surface area contributed by atoms with Crippen LogP contribution >= 0.6 is 0 Å². The van der Waals surface area contributed by atoms with E-state index in [1.54, 1.807) is 24.3 Å². The van der Waals surface area contributed by atoms with Crippen molar-refractivity contribution in [2.45, 2.75) is 24.1 Å². The van der Waals surface area contributed by atoms with Gasteiger partial charge in [-0.2, -0.15) is 0 Å². The van der Waals surface area contributed by atoms with Gasteiger partial charge in [-0.25, -0.2) is 4.39 Å². The number of benzene rings is 2. The van der Waals surface area contributed by atoms with Crippen molar-refractivity contribution in [1.82, 2.24) is 5.32 Å². The number of carbonyl (C=O) groups excluding carboxylic acids is 1. The summed E-state index contributed by atoms with van der Waals surface area (Å²) in [7, 11) is -1.24. The second-order valence-electron chi connectivity index (χ2n) is 5.88. The van der Waals surface area contributed by atoms with Gasteiger partial charge in [0.2, 0.25) is 0 Å². The van der Waals surface area contributed by atoms with E-state index in [-0.39, 0.29) is 29.8 Å². The summed E-state index contributed by atoms with van der Waals surface area (Å²) >= 11 is 0. The van der Waals surface area contributed by atoms with Crippen molar-refractivity contribution in [3.63, 3.8) is 0 Å². The summed E-state index contributed by atoms with van der Waals surface area (Å²) in [6, 6.07) is 16.6. The Kier molecular flexibility index (Phi) is 5.63. The van der Waals surface area contributed by atoms with E-state index >= 15 is 0 Å². The average molecular weight is 371 g/mol. The Morgan fingerprint density at radius 1 is 1.04 bits per heavy atom. The first kappa shape index (κ1) is 18.1. The predicted molar refractivity (Wildman–Crippen MR) is 97.6 cm³/mol. The van der Waals surface area contributed by atoms with Gasteiger partial charge in [-0.15, -0.1) is 0 Å². The summed E-state index contributed by atoms with van der Waals surface area (Å²) in [6.07, 6.45) is 0. The van der Waals surface area contributed by atoms with Gasteiger partial charge in [0.1, 0.15) is 11.6 Å². The topological polar surface area (TPSA) is 59.3 Å². The Balaban J connectivity index is 1.58. The Hall–Kier alpha value is -2.73. The maximum atomic E-state index is 12.9. The van der Waals surface area contributed by atoms with Gasteiger partial charge in [-0.3, -0.25) is 9.00 Å². The highest BCUT2D eigenvalue weighted by Crippen LogP contribution is 2.16. The van der Waals surface area contributed by atoms with Gasteiger partial charge in [0, 0.05) is 11.4 Å². The molecule has 3 aromatic rings. The molecule has 1 heterocycles. The zero-order valence-corrected chi connectivity index (χ0v) is 15.0. The zero-order chi connectivity index (χ0) is 18.5. The molecule has 1 unspecified atom stereocenters. The molecule has 0 aliphatic carbocycles. The summed E-state index contributed by atoms with van der Waals surface area (Å²) < 4.78 is 30.7. The number of carbonyl (C=O) groups is 1. The largest absolute Gasteiger partial charge is 0.455 e. The number of nitrogens with one attached hydrogen (secondary N) is 1. The summed E-state index contributed by atoms with van der Waals surface area (Å²) in [4.78, 5) is 12.9. The maximum absolute atomic E-state index is 12.9. The van der Waals surface area contributed by atoms with E-state index in [0.717, 1.165) is 11.1 Å². The Morgan fingerprint density at radius 3 is 2.42 bits per heavy atom. The minimum atomic E-state index is -1.24. The highest BCUT2D eigenvalue weighted by Gasteiger charge is 2.13. The minimum Gasteiger partial charge on any atom is -0.455 e. The van der Waals surface area contributed by atoms with Crippen LogP contribution < -0.4 is 5.32 Å². The fourth-order valence-corrected chi connectivity index (χ4v) is 3.37. The lowest BCUT2D eigenvalue weighted by Gasteiger charge is -2.04. The molecular formula is C20H18FNO3S. The van der Waals surface area contributed by atoms with Crippen LogP contribution in [0.5, 0.6) is 0 Å². The molecule has 26 heavy (non-hydrogen) atoms. The molecule has 0 spiro atoms. The fourth-order valence-electron chi connectivity index (χ4n) is 2.35. The van der Waals surface area contributed by atoms with Gasteiger partial charge in [0.05, 0.1) is 16.6 Å². The molecule has 0 saturated carbocycles. The van der Waals surface area contributed by atoms with Crippen LogP contribution in [0, 0.1) is 12.7 Å². The molecule has 1 amide bonds. The van der Waals surface area contributed by atoms with Gasteiger partial charge >= 0.3 is 0 Å². The van der Waals surface area contributed by atoms with Crippen molar-refractivity contribution < 1.29 is 17.8 Å². The number of aryl methyl sites for hydroxylation is 1. The molecule has 0 saturated heterocycles. The Labute approximate surface area is 153 Å². The van der Waals surface area contributed by atoms with E-state index in [2.05, 4.69) is 5.32 Å². The number of furan rings is 1.